The number of morpholine rings is 1. The van der Waals surface area contributed by atoms with Crippen LogP contribution >= 0.6 is 0 Å². The summed E-state index contributed by atoms with van der Waals surface area (Å²) in [6.45, 7) is 13.8. The molecule has 2 aliphatic rings. The molecule has 1 saturated heterocycles. The Kier molecular flexibility index (Phi) is 4.84. The van der Waals surface area contributed by atoms with Gasteiger partial charge in [0.15, 0.2) is 0 Å². The van der Waals surface area contributed by atoms with Gasteiger partial charge in [0.25, 0.3) is 0 Å². The zero-order chi connectivity index (χ0) is 18.4. The molecule has 1 aromatic rings. The summed E-state index contributed by atoms with van der Waals surface area (Å²) < 4.78 is 7.98. The van der Waals surface area contributed by atoms with E-state index < -0.39 is 0 Å². The number of carbonyl (C=O) groups excluding carboxylic acids is 1. The summed E-state index contributed by atoms with van der Waals surface area (Å²) in [4.78, 5) is 14.7. The number of urea groups is 1. The second-order valence-corrected chi connectivity index (χ2v) is 8.68. The minimum atomic E-state index is -0.0684. The lowest BCUT2D eigenvalue weighted by atomic mass is 10.1. The Morgan fingerprint density at radius 1 is 1.36 bits per heavy atom. The maximum atomic E-state index is 12.8. The SMILES string of the molecule is Cc1nn(C(C)(C)C)cc1C(C)NC(=O)N1CC(C)OC(C2CC2)C1. The summed E-state index contributed by atoms with van der Waals surface area (Å²) in [5, 5.41) is 7.76. The molecule has 3 unspecified atom stereocenters. The fraction of sp³-hybridized carbons (Fsp3) is 0.789. The number of hydrogen-bond donors (Lipinski definition) is 1. The van der Waals surface area contributed by atoms with Crippen LogP contribution in [0.25, 0.3) is 0 Å². The second kappa shape index (κ2) is 6.63. The average molecular weight is 348 g/mol. The Bertz CT molecular complexity index is 630. The molecule has 0 bridgehead atoms. The highest BCUT2D eigenvalue weighted by Gasteiger charge is 2.38. The summed E-state index contributed by atoms with van der Waals surface area (Å²) >= 11 is 0. The van der Waals surface area contributed by atoms with Crippen LogP contribution in [0.15, 0.2) is 6.20 Å². The van der Waals surface area contributed by atoms with E-state index in [1.54, 1.807) is 0 Å². The number of hydrogen-bond acceptors (Lipinski definition) is 3. The number of ether oxygens (including phenoxy) is 1. The third kappa shape index (κ3) is 4.17. The summed E-state index contributed by atoms with van der Waals surface area (Å²) in [5.74, 6) is 0.641. The Morgan fingerprint density at radius 3 is 2.60 bits per heavy atom. The molecule has 1 aliphatic carbocycles. The zero-order valence-corrected chi connectivity index (χ0v) is 16.4. The predicted octanol–water partition coefficient (Wildman–Crippen LogP) is 3.22. The largest absolute Gasteiger partial charge is 0.371 e. The quantitative estimate of drug-likeness (QED) is 0.912. The first kappa shape index (κ1) is 18.2. The first-order chi connectivity index (χ1) is 11.6. The first-order valence-corrected chi connectivity index (χ1v) is 9.42. The van der Waals surface area contributed by atoms with E-state index in [0.29, 0.717) is 19.0 Å². The molecule has 1 saturated carbocycles. The molecule has 2 amide bonds. The van der Waals surface area contributed by atoms with Crippen LogP contribution in [0.1, 0.15) is 64.8 Å². The lowest BCUT2D eigenvalue weighted by molar-refractivity contribution is -0.0732. The number of aryl methyl sites for hydroxylation is 1. The fourth-order valence-electron chi connectivity index (χ4n) is 3.48. The van der Waals surface area contributed by atoms with Gasteiger partial charge in [-0.05, 0) is 60.3 Å². The van der Waals surface area contributed by atoms with Crippen LogP contribution in [0, 0.1) is 12.8 Å². The summed E-state index contributed by atoms with van der Waals surface area (Å²) in [6, 6.07) is -0.0719. The third-order valence-corrected chi connectivity index (χ3v) is 5.15. The highest BCUT2D eigenvalue weighted by atomic mass is 16.5. The van der Waals surface area contributed by atoms with E-state index in [-0.39, 0.29) is 29.8 Å². The van der Waals surface area contributed by atoms with Crippen LogP contribution in [0.3, 0.4) is 0 Å². The van der Waals surface area contributed by atoms with Gasteiger partial charge in [-0.1, -0.05) is 0 Å². The van der Waals surface area contributed by atoms with E-state index in [0.717, 1.165) is 11.3 Å². The fourth-order valence-corrected chi connectivity index (χ4v) is 3.48. The topological polar surface area (TPSA) is 59.4 Å². The van der Waals surface area contributed by atoms with Gasteiger partial charge in [-0.2, -0.15) is 5.10 Å². The van der Waals surface area contributed by atoms with Gasteiger partial charge in [-0.15, -0.1) is 0 Å². The van der Waals surface area contributed by atoms with Gasteiger partial charge in [0.1, 0.15) is 0 Å². The van der Waals surface area contributed by atoms with Crippen molar-refractivity contribution in [2.75, 3.05) is 13.1 Å². The molecule has 1 aromatic heterocycles. The van der Waals surface area contributed by atoms with Gasteiger partial charge in [0, 0.05) is 24.8 Å². The van der Waals surface area contributed by atoms with E-state index in [1.165, 1.54) is 12.8 Å². The highest BCUT2D eigenvalue weighted by Crippen LogP contribution is 2.36. The Balaban J connectivity index is 1.65. The van der Waals surface area contributed by atoms with Gasteiger partial charge in [-0.3, -0.25) is 4.68 Å². The van der Waals surface area contributed by atoms with Gasteiger partial charge >= 0.3 is 6.03 Å². The average Bonchev–Trinajstić information content (AvgIpc) is 3.27. The van der Waals surface area contributed by atoms with E-state index in [4.69, 9.17) is 4.74 Å². The molecular weight excluding hydrogens is 316 g/mol. The molecule has 0 spiro atoms. The van der Waals surface area contributed by atoms with Crippen LogP contribution in [0.2, 0.25) is 0 Å². The van der Waals surface area contributed by atoms with Crippen LogP contribution < -0.4 is 5.32 Å². The Hall–Kier alpha value is -1.56. The van der Waals surface area contributed by atoms with Crippen LogP contribution in [0.4, 0.5) is 4.79 Å². The number of nitrogens with one attached hydrogen (secondary N) is 1. The molecular formula is C19H32N4O2. The predicted molar refractivity (Wildman–Crippen MR) is 97.5 cm³/mol. The van der Waals surface area contributed by atoms with E-state index in [9.17, 15) is 4.79 Å². The number of aromatic nitrogens is 2. The third-order valence-electron chi connectivity index (χ3n) is 5.15. The van der Waals surface area contributed by atoms with Gasteiger partial charge in [0.2, 0.25) is 0 Å². The van der Waals surface area contributed by atoms with Crippen molar-refractivity contribution in [3.05, 3.63) is 17.5 Å². The molecule has 3 atom stereocenters. The number of carbonyl (C=O) groups is 1. The number of rotatable bonds is 3. The van der Waals surface area contributed by atoms with Gasteiger partial charge in [-0.25, -0.2) is 4.79 Å². The van der Waals surface area contributed by atoms with Crippen molar-refractivity contribution in [2.24, 2.45) is 5.92 Å². The smallest absolute Gasteiger partial charge is 0.318 e. The summed E-state index contributed by atoms with van der Waals surface area (Å²) in [5.41, 5.74) is 1.97. The molecule has 6 heteroatoms. The first-order valence-electron chi connectivity index (χ1n) is 9.42. The molecule has 0 aromatic carbocycles. The van der Waals surface area contributed by atoms with Crippen molar-refractivity contribution in [2.45, 2.75) is 78.2 Å². The van der Waals surface area contributed by atoms with Gasteiger partial charge in [0.05, 0.1) is 29.5 Å². The van der Waals surface area contributed by atoms with E-state index in [1.807, 2.05) is 23.4 Å². The van der Waals surface area contributed by atoms with Crippen LogP contribution in [-0.4, -0.2) is 46.0 Å². The monoisotopic (exact) mass is 348 g/mol. The molecule has 25 heavy (non-hydrogen) atoms. The minimum Gasteiger partial charge on any atom is -0.371 e. The Morgan fingerprint density at radius 2 is 2.04 bits per heavy atom. The molecule has 3 rings (SSSR count). The standard InChI is InChI=1S/C19H32N4O2/c1-12-9-22(11-17(25-12)15-7-8-15)18(24)20-13(2)16-10-23(19(4,5)6)21-14(16)3/h10,12-13,15,17H,7-9,11H2,1-6H3,(H,20,24). The lowest BCUT2D eigenvalue weighted by Gasteiger charge is -2.37. The van der Waals surface area contributed by atoms with Crippen LogP contribution in [0.5, 0.6) is 0 Å². The van der Waals surface area contributed by atoms with E-state index >= 15 is 0 Å². The normalized spacial score (nSPS) is 25.8. The van der Waals surface area contributed by atoms with Crippen molar-refractivity contribution in [1.82, 2.24) is 20.0 Å². The highest BCUT2D eigenvalue weighted by molar-refractivity contribution is 5.75. The van der Waals surface area contributed by atoms with E-state index in [2.05, 4.69) is 44.3 Å². The Labute approximate surface area is 150 Å². The maximum Gasteiger partial charge on any atom is 0.318 e. The number of amides is 2. The number of nitrogens with zero attached hydrogens (tertiary/aromatic N) is 3. The minimum absolute atomic E-state index is 0.00351. The zero-order valence-electron chi connectivity index (χ0n) is 16.4. The molecule has 6 nitrogen and oxygen atoms in total. The van der Waals surface area contributed by atoms with Crippen LogP contribution in [-0.2, 0) is 10.3 Å². The van der Waals surface area contributed by atoms with Crippen molar-refractivity contribution < 1.29 is 9.53 Å². The van der Waals surface area contributed by atoms with Crippen molar-refractivity contribution in [1.29, 1.82) is 0 Å². The molecule has 2 fully saturated rings. The molecule has 140 valence electrons. The van der Waals surface area contributed by atoms with Crippen molar-refractivity contribution in [3.8, 4) is 0 Å². The van der Waals surface area contributed by atoms with Crippen molar-refractivity contribution >= 4 is 6.03 Å². The second-order valence-electron chi connectivity index (χ2n) is 8.68. The van der Waals surface area contributed by atoms with Crippen molar-refractivity contribution in [3.63, 3.8) is 0 Å². The molecule has 0 radical (unpaired) electrons. The summed E-state index contributed by atoms with van der Waals surface area (Å²) in [7, 11) is 0. The molecule has 1 aliphatic heterocycles. The summed E-state index contributed by atoms with van der Waals surface area (Å²) in [6.07, 6.45) is 4.82. The maximum absolute atomic E-state index is 12.8. The van der Waals surface area contributed by atoms with Gasteiger partial charge < -0.3 is 15.0 Å². The molecule has 1 N–H and O–H groups in total. The molecule has 2 heterocycles. The lowest BCUT2D eigenvalue weighted by Crippen LogP contribution is -2.53.